The van der Waals surface area contributed by atoms with Crippen molar-refractivity contribution < 1.29 is 28.5 Å². The molecule has 0 amide bonds. The fraction of sp³-hybridized carbons (Fsp3) is 0.320. The Balaban J connectivity index is 1.42. The van der Waals surface area contributed by atoms with Crippen LogP contribution in [0.4, 0.5) is 4.39 Å². The molecule has 0 aromatic heterocycles. The van der Waals surface area contributed by atoms with E-state index in [-0.39, 0.29) is 24.4 Å². The molecule has 162 valence electrons. The molecule has 0 radical (unpaired) electrons. The molecule has 3 aromatic rings. The highest BCUT2D eigenvalue weighted by molar-refractivity contribution is 5.84. The minimum atomic E-state index is -1.58. The number of aliphatic carboxylic acids is 1. The van der Waals surface area contributed by atoms with E-state index in [1.54, 1.807) is 18.2 Å². The van der Waals surface area contributed by atoms with Crippen molar-refractivity contribution in [3.8, 4) is 5.75 Å². The van der Waals surface area contributed by atoms with Gasteiger partial charge in [0.2, 0.25) is 0 Å². The molecule has 1 aliphatic rings. The largest absolute Gasteiger partial charge is 0.489 e. The maximum Gasteiger partial charge on any atom is 0.364 e. The summed E-state index contributed by atoms with van der Waals surface area (Å²) in [7, 11) is 0. The summed E-state index contributed by atoms with van der Waals surface area (Å²) >= 11 is 0. The zero-order valence-electron chi connectivity index (χ0n) is 17.5. The third-order valence-corrected chi connectivity index (χ3v) is 5.76. The van der Waals surface area contributed by atoms with Crippen LogP contribution in [0.2, 0.25) is 0 Å². The van der Waals surface area contributed by atoms with Gasteiger partial charge in [0.05, 0.1) is 12.7 Å². The lowest BCUT2D eigenvalue weighted by molar-refractivity contribution is -0.291. The third-order valence-electron chi connectivity index (χ3n) is 5.76. The van der Waals surface area contributed by atoms with Crippen LogP contribution in [0.3, 0.4) is 0 Å². The molecule has 0 bridgehead atoms. The quantitative estimate of drug-likeness (QED) is 0.606. The number of carboxylic acid groups (broad SMARTS) is 1. The van der Waals surface area contributed by atoms with E-state index < -0.39 is 11.8 Å². The second-order valence-corrected chi connectivity index (χ2v) is 8.07. The summed E-state index contributed by atoms with van der Waals surface area (Å²) in [4.78, 5) is 11.3. The summed E-state index contributed by atoms with van der Waals surface area (Å²) in [6.07, 6.45) is 0.484. The van der Waals surface area contributed by atoms with Crippen LogP contribution in [0.1, 0.15) is 25.0 Å². The minimum absolute atomic E-state index is 0.0632. The molecule has 1 fully saturated rings. The van der Waals surface area contributed by atoms with Gasteiger partial charge in [0.25, 0.3) is 5.79 Å². The standard InChI is InChI=1S/C25H25FO5/c1-16-21(15-30-25(2,31-16)24(27)28)12-17-7-8-19-13-22(10-9-18(19)11-17)29-14-20-5-3-4-6-23(20)26/h3-11,13,16,21H,12,14-15H2,1-2H3,(H,27,28). The van der Waals surface area contributed by atoms with E-state index >= 15 is 0 Å². The van der Waals surface area contributed by atoms with E-state index in [1.165, 1.54) is 13.0 Å². The SMILES string of the molecule is CC1OC(C)(C(=O)O)OCC1Cc1ccc2cc(OCc3ccccc3F)ccc2c1. The maximum absolute atomic E-state index is 13.8. The molecular weight excluding hydrogens is 399 g/mol. The summed E-state index contributed by atoms with van der Waals surface area (Å²) in [5.41, 5.74) is 1.64. The zero-order chi connectivity index (χ0) is 22.0. The number of carboxylic acids is 1. The molecular formula is C25H25FO5. The van der Waals surface area contributed by atoms with Gasteiger partial charge >= 0.3 is 5.97 Å². The molecule has 1 aliphatic heterocycles. The van der Waals surface area contributed by atoms with Crippen LogP contribution in [-0.4, -0.2) is 29.6 Å². The van der Waals surface area contributed by atoms with Gasteiger partial charge in [-0.2, -0.15) is 0 Å². The van der Waals surface area contributed by atoms with Crippen molar-refractivity contribution in [2.45, 2.75) is 38.8 Å². The van der Waals surface area contributed by atoms with Crippen LogP contribution in [0.5, 0.6) is 5.75 Å². The highest BCUT2D eigenvalue weighted by Crippen LogP contribution is 2.30. The monoisotopic (exact) mass is 424 g/mol. The van der Waals surface area contributed by atoms with Crippen LogP contribution in [0.15, 0.2) is 60.7 Å². The molecule has 1 saturated heterocycles. The van der Waals surface area contributed by atoms with Crippen molar-refractivity contribution in [1.82, 2.24) is 0 Å². The molecule has 5 nitrogen and oxygen atoms in total. The highest BCUT2D eigenvalue weighted by atomic mass is 19.1. The third kappa shape index (κ3) is 4.70. The maximum atomic E-state index is 13.8. The second-order valence-electron chi connectivity index (χ2n) is 8.07. The summed E-state index contributed by atoms with van der Waals surface area (Å²) in [6.45, 7) is 3.81. The Kier molecular flexibility index (Phi) is 5.94. The lowest BCUT2D eigenvalue weighted by Crippen LogP contribution is -2.51. The number of fused-ring (bicyclic) bond motifs is 1. The van der Waals surface area contributed by atoms with Gasteiger partial charge in [0, 0.05) is 18.4 Å². The Morgan fingerprint density at radius 3 is 2.65 bits per heavy atom. The van der Waals surface area contributed by atoms with Crippen LogP contribution in [-0.2, 0) is 27.3 Å². The van der Waals surface area contributed by atoms with Crippen molar-refractivity contribution in [1.29, 1.82) is 0 Å². The molecule has 0 saturated carbocycles. The Hall–Kier alpha value is -2.96. The van der Waals surface area contributed by atoms with Gasteiger partial charge in [0.1, 0.15) is 18.2 Å². The molecule has 31 heavy (non-hydrogen) atoms. The number of hydrogen-bond acceptors (Lipinski definition) is 4. The average molecular weight is 424 g/mol. The van der Waals surface area contributed by atoms with Crippen molar-refractivity contribution in [3.05, 3.63) is 77.6 Å². The van der Waals surface area contributed by atoms with Crippen molar-refractivity contribution in [3.63, 3.8) is 0 Å². The van der Waals surface area contributed by atoms with Crippen molar-refractivity contribution >= 4 is 16.7 Å². The van der Waals surface area contributed by atoms with Gasteiger partial charge in [-0.3, -0.25) is 0 Å². The van der Waals surface area contributed by atoms with Gasteiger partial charge < -0.3 is 19.3 Å². The fourth-order valence-electron chi connectivity index (χ4n) is 3.79. The summed E-state index contributed by atoms with van der Waals surface area (Å²) < 4.78 is 30.7. The molecule has 3 unspecified atom stereocenters. The van der Waals surface area contributed by atoms with E-state index in [2.05, 4.69) is 6.07 Å². The lowest BCUT2D eigenvalue weighted by Gasteiger charge is -2.39. The Bertz CT molecular complexity index is 1100. The lowest BCUT2D eigenvalue weighted by atomic mass is 9.93. The zero-order valence-corrected chi connectivity index (χ0v) is 17.5. The number of benzene rings is 3. The van der Waals surface area contributed by atoms with Gasteiger partial charge in [-0.1, -0.05) is 42.5 Å². The van der Waals surface area contributed by atoms with E-state index in [0.717, 1.165) is 22.8 Å². The Labute approximate surface area is 180 Å². The highest BCUT2D eigenvalue weighted by Gasteiger charge is 2.43. The Morgan fingerprint density at radius 2 is 1.90 bits per heavy atom. The molecule has 1 heterocycles. The number of carbonyl (C=O) groups is 1. The van der Waals surface area contributed by atoms with E-state index in [1.807, 2.05) is 37.3 Å². The molecule has 3 atom stereocenters. The van der Waals surface area contributed by atoms with Crippen molar-refractivity contribution in [2.75, 3.05) is 6.61 Å². The average Bonchev–Trinajstić information content (AvgIpc) is 2.75. The van der Waals surface area contributed by atoms with E-state index in [0.29, 0.717) is 17.9 Å². The summed E-state index contributed by atoms with van der Waals surface area (Å²) in [5, 5.41) is 11.4. The first-order valence-corrected chi connectivity index (χ1v) is 10.3. The molecule has 4 rings (SSSR count). The fourth-order valence-corrected chi connectivity index (χ4v) is 3.79. The number of rotatable bonds is 6. The van der Waals surface area contributed by atoms with E-state index in [9.17, 15) is 14.3 Å². The van der Waals surface area contributed by atoms with Crippen LogP contribution >= 0.6 is 0 Å². The molecule has 0 spiro atoms. The predicted molar refractivity (Wildman–Crippen MR) is 114 cm³/mol. The normalized spacial score (nSPS) is 23.6. The minimum Gasteiger partial charge on any atom is -0.489 e. The van der Waals surface area contributed by atoms with Gasteiger partial charge in [-0.15, -0.1) is 0 Å². The van der Waals surface area contributed by atoms with Crippen LogP contribution in [0.25, 0.3) is 10.8 Å². The smallest absolute Gasteiger partial charge is 0.364 e. The molecule has 0 aliphatic carbocycles. The number of halogens is 1. The first kappa shape index (κ1) is 21.3. The molecule has 3 aromatic carbocycles. The van der Waals surface area contributed by atoms with Crippen LogP contribution < -0.4 is 4.74 Å². The number of hydrogen-bond donors (Lipinski definition) is 1. The Morgan fingerprint density at radius 1 is 1.16 bits per heavy atom. The topological polar surface area (TPSA) is 65.0 Å². The van der Waals surface area contributed by atoms with Crippen LogP contribution in [0, 0.1) is 11.7 Å². The first-order valence-electron chi connectivity index (χ1n) is 10.3. The van der Waals surface area contributed by atoms with Crippen molar-refractivity contribution in [2.24, 2.45) is 5.92 Å². The van der Waals surface area contributed by atoms with Gasteiger partial charge in [-0.05, 0) is 47.9 Å². The van der Waals surface area contributed by atoms with E-state index in [4.69, 9.17) is 14.2 Å². The number of ether oxygens (including phenoxy) is 3. The first-order chi connectivity index (χ1) is 14.8. The van der Waals surface area contributed by atoms with Gasteiger partial charge in [0.15, 0.2) is 0 Å². The summed E-state index contributed by atoms with van der Waals surface area (Å²) in [6, 6.07) is 18.5. The summed E-state index contributed by atoms with van der Waals surface area (Å²) in [5.74, 6) is -2.23. The molecule has 1 N–H and O–H groups in total. The molecule has 6 heteroatoms. The predicted octanol–water partition coefficient (Wildman–Crippen LogP) is 4.95. The van der Waals surface area contributed by atoms with Gasteiger partial charge in [-0.25, -0.2) is 9.18 Å². The second kappa shape index (κ2) is 8.65.